The molecule has 0 saturated carbocycles. The molecule has 3 heterocycles. The fourth-order valence-corrected chi connectivity index (χ4v) is 15.9. The molecule has 0 saturated heterocycles. The highest BCUT2D eigenvalue weighted by molar-refractivity contribution is 7.00. The Kier molecular flexibility index (Phi) is 14.6. The summed E-state index contributed by atoms with van der Waals surface area (Å²) in [7, 11) is 0. The number of hydrogen-bond donors (Lipinski definition) is 0. The second kappa shape index (κ2) is 25.5. The summed E-state index contributed by atoms with van der Waals surface area (Å²) < 4.78 is 80.0. The molecule has 2 aliphatic heterocycles. The fourth-order valence-electron chi connectivity index (χ4n) is 15.9. The lowest BCUT2D eigenvalue weighted by molar-refractivity contribution is 0.568. The zero-order valence-electron chi connectivity index (χ0n) is 72.9. The molecule has 4 heteroatoms. The van der Waals surface area contributed by atoms with E-state index in [0.717, 1.165) is 128 Å². The van der Waals surface area contributed by atoms with Crippen LogP contribution < -0.4 is 26.2 Å². The minimum absolute atomic E-state index is 0.00271. The molecule has 106 heavy (non-hydrogen) atoms. The minimum Gasteiger partial charge on any atom is -0.310 e. The third kappa shape index (κ3) is 12.4. The largest absolute Gasteiger partial charge is 0.310 e. The summed E-state index contributed by atoms with van der Waals surface area (Å²) in [6.07, 6.45) is 0. The molecule has 0 amide bonds. The molecule has 0 radical (unpaired) electrons. The van der Waals surface area contributed by atoms with Crippen LogP contribution in [0.3, 0.4) is 0 Å². The van der Waals surface area contributed by atoms with Crippen molar-refractivity contribution in [1.29, 1.82) is 0 Å². The van der Waals surface area contributed by atoms with E-state index in [1.54, 1.807) is 4.57 Å². The van der Waals surface area contributed by atoms with Gasteiger partial charge < -0.3 is 14.4 Å². The molecular formula is C102H100BN3. The van der Waals surface area contributed by atoms with Crippen LogP contribution in [0.25, 0.3) is 94.3 Å². The monoisotopic (exact) mass is 1390 g/mol. The second-order valence-electron chi connectivity index (χ2n) is 35.7. The third-order valence-electron chi connectivity index (χ3n) is 22.1. The van der Waals surface area contributed by atoms with Crippen molar-refractivity contribution < 1.29 is 11.0 Å². The molecule has 13 aromatic carbocycles. The van der Waals surface area contributed by atoms with E-state index in [0.29, 0.717) is 5.69 Å². The summed E-state index contributed by atoms with van der Waals surface area (Å²) in [5, 5.41) is -0.00542. The van der Waals surface area contributed by atoms with Gasteiger partial charge in [0, 0.05) is 55.8 Å². The SMILES string of the molecule is [2H]c1c([2H])c([2H])c2c(c1[2H])c1c([2H])c([2H])c([2H])c([2H])c1n2-c1cc2c3c(c1)N(c1c(-c4ccccc4)cc(C(C)(C)C)cc1-c1ccccc1)c1cc(-c4cc(C(C)(C)C)cc(C(C)(C)C)c4)ccc1B3c1cc(-c3cc(C(C)(C)C)cc(C(C)(C)C)c3)ccc1N2c1c(-c2ccccc2)cc(C(C)(C)C)cc1-c1ccccc1. The topological polar surface area (TPSA) is 11.4 Å². The maximum atomic E-state index is 10.3. The predicted octanol–water partition coefficient (Wildman–Crippen LogP) is 26.7. The Balaban J connectivity index is 1.19. The van der Waals surface area contributed by atoms with Gasteiger partial charge in [-0.2, -0.15) is 0 Å². The highest BCUT2D eigenvalue weighted by Crippen LogP contribution is 2.56. The van der Waals surface area contributed by atoms with E-state index in [2.05, 4.69) is 365 Å². The van der Waals surface area contributed by atoms with Crippen LogP contribution in [0, 0.1) is 0 Å². The zero-order valence-corrected chi connectivity index (χ0v) is 64.9. The van der Waals surface area contributed by atoms with Crippen molar-refractivity contribution >= 4 is 79.0 Å². The lowest BCUT2D eigenvalue weighted by Gasteiger charge is -2.46. The number of para-hydroxylation sites is 2. The van der Waals surface area contributed by atoms with Crippen molar-refractivity contribution in [2.45, 2.75) is 157 Å². The number of fused-ring (bicyclic) bond motifs is 7. The van der Waals surface area contributed by atoms with Crippen molar-refractivity contribution in [3.05, 3.63) is 312 Å². The van der Waals surface area contributed by atoms with E-state index >= 15 is 0 Å². The first-order valence-corrected chi connectivity index (χ1v) is 37.7. The van der Waals surface area contributed by atoms with Gasteiger partial charge in [0.2, 0.25) is 0 Å². The number of aromatic nitrogens is 1. The molecule has 3 nitrogen and oxygen atoms in total. The molecule has 0 atom stereocenters. The molecule has 0 spiro atoms. The van der Waals surface area contributed by atoms with E-state index in [-0.39, 0.29) is 66.4 Å². The highest BCUT2D eigenvalue weighted by Gasteiger charge is 2.47. The lowest BCUT2D eigenvalue weighted by atomic mass is 9.33. The second-order valence-corrected chi connectivity index (χ2v) is 35.7. The van der Waals surface area contributed by atoms with Gasteiger partial charge in [-0.1, -0.05) is 343 Å². The summed E-state index contributed by atoms with van der Waals surface area (Å²) in [5.41, 5.74) is 26.4. The molecule has 0 aliphatic carbocycles. The average molecular weight is 1390 g/mol. The smallest absolute Gasteiger partial charge is 0.252 e. The summed E-state index contributed by atoms with van der Waals surface area (Å²) in [6.45, 7) is 40.6. The number of anilines is 6. The van der Waals surface area contributed by atoms with Gasteiger partial charge in [-0.05, 0) is 187 Å². The van der Waals surface area contributed by atoms with Crippen molar-refractivity contribution in [3.8, 4) is 72.4 Å². The van der Waals surface area contributed by atoms with Gasteiger partial charge in [-0.15, -0.1) is 0 Å². The molecule has 14 aromatic rings. The standard InChI is InChI=1S/C102H100BN3/c1-97(2,3)73-51-71(52-74(57-73)98(4,5)6)69-48-50-90-87(55-69)103-86-49-47-70(72-53-75(99(7,8)9)58-76(54-72)100(10,11)12)56-91(86)106(96-84(67-39-27-21-28-40-67)61-78(102(16,17)18)62-85(96)68-41-29-22-30-42-68)93-64-79(104-88-45-33-31-43-80(88)81-44-32-34-46-89(81)104)63-92(94(93)103)105(90)95-82(65-35-23-19-24-36-65)59-77(101(13,14)15)60-83(95)66-37-25-20-26-38-66/h19-64H,1-18H3/i31D,32D,33D,34D,43D,44D,45D,46D. The number of rotatable bonds is 9. The van der Waals surface area contributed by atoms with Gasteiger partial charge in [-0.3, -0.25) is 0 Å². The molecule has 1 aromatic heterocycles. The van der Waals surface area contributed by atoms with Gasteiger partial charge in [-0.25, -0.2) is 0 Å². The highest BCUT2D eigenvalue weighted by atomic mass is 15.2. The first kappa shape index (κ1) is 60.6. The third-order valence-corrected chi connectivity index (χ3v) is 22.1. The zero-order chi connectivity index (χ0) is 81.3. The van der Waals surface area contributed by atoms with Crippen LogP contribution in [-0.4, -0.2) is 11.3 Å². The van der Waals surface area contributed by atoms with Gasteiger partial charge >= 0.3 is 0 Å². The summed E-state index contributed by atoms with van der Waals surface area (Å²) in [5.74, 6) is 0. The maximum absolute atomic E-state index is 10.3. The fraction of sp³-hybridized carbons (Fsp3) is 0.235. The molecule has 0 unspecified atom stereocenters. The first-order chi connectivity index (χ1) is 53.7. The Morgan fingerprint density at radius 2 is 0.585 bits per heavy atom. The van der Waals surface area contributed by atoms with E-state index in [9.17, 15) is 11.0 Å². The Morgan fingerprint density at radius 1 is 0.264 bits per heavy atom. The number of benzene rings is 13. The van der Waals surface area contributed by atoms with Crippen molar-refractivity contribution in [2.75, 3.05) is 9.80 Å². The first-order valence-electron chi connectivity index (χ1n) is 41.7. The molecule has 0 fully saturated rings. The molecule has 0 N–H and O–H groups in total. The number of hydrogen-bond acceptors (Lipinski definition) is 2. The molecule has 2 aliphatic rings. The van der Waals surface area contributed by atoms with Crippen LogP contribution in [0.2, 0.25) is 0 Å². The quantitative estimate of drug-likeness (QED) is 0.133. The summed E-state index contributed by atoms with van der Waals surface area (Å²) >= 11 is 0. The lowest BCUT2D eigenvalue weighted by Crippen LogP contribution is -2.61. The Labute approximate surface area is 642 Å². The minimum atomic E-state index is -0.536. The van der Waals surface area contributed by atoms with E-state index < -0.39 is 43.0 Å². The maximum Gasteiger partial charge on any atom is 0.252 e. The number of nitrogens with zero attached hydrogens (tertiary/aromatic N) is 3. The average Bonchev–Trinajstić information content (AvgIpc) is 1.09. The summed E-state index contributed by atoms with van der Waals surface area (Å²) in [4.78, 5) is 4.97. The summed E-state index contributed by atoms with van der Waals surface area (Å²) in [6, 6.07) is 81.5. The molecule has 16 rings (SSSR count). The Morgan fingerprint density at radius 3 is 0.943 bits per heavy atom. The van der Waals surface area contributed by atoms with Crippen LogP contribution in [-0.2, 0) is 32.5 Å². The van der Waals surface area contributed by atoms with Crippen molar-refractivity contribution in [3.63, 3.8) is 0 Å². The van der Waals surface area contributed by atoms with Gasteiger partial charge in [0.05, 0.1) is 39.1 Å². The van der Waals surface area contributed by atoms with E-state index in [4.69, 9.17) is 0 Å². The van der Waals surface area contributed by atoms with Gasteiger partial charge in [0.15, 0.2) is 0 Å². The normalized spacial score (nSPS) is 14.4. The predicted molar refractivity (Wildman–Crippen MR) is 460 cm³/mol. The Hall–Kier alpha value is -10.7. The van der Waals surface area contributed by atoms with E-state index in [1.807, 2.05) is 0 Å². The van der Waals surface area contributed by atoms with Crippen LogP contribution in [0.1, 0.15) is 169 Å². The van der Waals surface area contributed by atoms with Gasteiger partial charge in [0.25, 0.3) is 6.71 Å². The van der Waals surface area contributed by atoms with E-state index in [1.165, 1.54) is 22.3 Å². The van der Waals surface area contributed by atoms with Crippen molar-refractivity contribution in [2.24, 2.45) is 0 Å². The molecule has 526 valence electrons. The van der Waals surface area contributed by atoms with Crippen LogP contribution in [0.4, 0.5) is 34.1 Å². The molecular weight excluding hydrogens is 1280 g/mol. The van der Waals surface area contributed by atoms with Gasteiger partial charge in [0.1, 0.15) is 0 Å². The molecule has 0 bridgehead atoms. The van der Waals surface area contributed by atoms with Crippen LogP contribution in [0.5, 0.6) is 0 Å². The van der Waals surface area contributed by atoms with Crippen LogP contribution >= 0.6 is 0 Å². The van der Waals surface area contributed by atoms with Crippen LogP contribution in [0.15, 0.2) is 279 Å². The Bertz CT molecular complexity index is 6000. The van der Waals surface area contributed by atoms with Crippen molar-refractivity contribution in [1.82, 2.24) is 4.57 Å².